The number of hydrazine groups is 1. The van der Waals surface area contributed by atoms with Crippen molar-refractivity contribution in [3.8, 4) is 5.75 Å². The minimum Gasteiger partial charge on any atom is -0.494 e. The number of halogens is 3. The van der Waals surface area contributed by atoms with E-state index in [-0.39, 0.29) is 18.5 Å². The maximum absolute atomic E-state index is 13.9. The van der Waals surface area contributed by atoms with Gasteiger partial charge in [0.2, 0.25) is 5.91 Å². The molecule has 2 aromatic carbocycles. The number of amides is 1. The Balaban J connectivity index is 1.79. The summed E-state index contributed by atoms with van der Waals surface area (Å²) in [5.74, 6) is 0.261. The fourth-order valence-electron chi connectivity index (χ4n) is 3.72. The molecule has 1 aliphatic rings. The molecule has 2 aromatic rings. The van der Waals surface area contributed by atoms with Crippen LogP contribution in [0.5, 0.6) is 5.75 Å². The normalized spacial score (nSPS) is 16.2. The number of fused-ring (bicyclic) bond motifs is 1. The Morgan fingerprint density at radius 3 is 2.62 bits per heavy atom. The molecule has 0 radical (unpaired) electrons. The highest BCUT2D eigenvalue weighted by Gasteiger charge is 2.47. The molecule has 1 N–H and O–H groups in total. The Labute approximate surface area is 169 Å². The Kier molecular flexibility index (Phi) is 7.00. The van der Waals surface area contributed by atoms with E-state index in [1.165, 1.54) is 25.3 Å². The monoisotopic (exact) mass is 408 g/mol. The van der Waals surface area contributed by atoms with Crippen LogP contribution in [0.25, 0.3) is 10.8 Å². The Bertz CT molecular complexity index is 838. The topological polar surface area (TPSA) is 41.6 Å². The second-order valence-electron chi connectivity index (χ2n) is 7.42. The van der Waals surface area contributed by atoms with Gasteiger partial charge in [0.25, 0.3) is 0 Å². The molecule has 29 heavy (non-hydrogen) atoms. The third-order valence-corrected chi connectivity index (χ3v) is 5.17. The maximum atomic E-state index is 13.9. The highest BCUT2D eigenvalue weighted by Crippen LogP contribution is 2.41. The fraction of sp³-hybridized carbons (Fsp3) is 0.500. The van der Waals surface area contributed by atoms with Crippen molar-refractivity contribution in [1.29, 1.82) is 0 Å². The number of hydrogen-bond donors (Lipinski definition) is 1. The molecule has 1 unspecified atom stereocenters. The number of carbonyl (C=O) groups is 1. The first-order valence-corrected chi connectivity index (χ1v) is 10.2. The molecule has 1 aliphatic heterocycles. The summed E-state index contributed by atoms with van der Waals surface area (Å²) in [6.07, 6.45) is 1.22. The number of benzene rings is 2. The number of rotatable bonds is 9. The molecular weight excluding hydrogens is 381 g/mol. The van der Waals surface area contributed by atoms with Gasteiger partial charge in [-0.15, -0.1) is 0 Å². The van der Waals surface area contributed by atoms with Crippen LogP contribution in [0.3, 0.4) is 0 Å². The number of carbonyl (C=O) groups excluding carboxylic acids is 1. The van der Waals surface area contributed by atoms with E-state index in [1.54, 1.807) is 30.3 Å². The zero-order chi connectivity index (χ0) is 20.9. The van der Waals surface area contributed by atoms with Gasteiger partial charge in [0.05, 0.1) is 6.61 Å². The van der Waals surface area contributed by atoms with Crippen LogP contribution in [0.1, 0.15) is 57.1 Å². The summed E-state index contributed by atoms with van der Waals surface area (Å²) >= 11 is 0. The summed E-state index contributed by atoms with van der Waals surface area (Å²) in [5, 5.41) is 2.18. The first kappa shape index (κ1) is 21.4. The molecule has 0 saturated carbocycles. The molecule has 7 heteroatoms. The summed E-state index contributed by atoms with van der Waals surface area (Å²) in [4.78, 5) is 11.5. The second kappa shape index (κ2) is 9.48. The first-order chi connectivity index (χ1) is 13.9. The van der Waals surface area contributed by atoms with Gasteiger partial charge in [0.15, 0.2) is 6.04 Å². The molecule has 0 aromatic heterocycles. The lowest BCUT2D eigenvalue weighted by atomic mass is 9.97. The van der Waals surface area contributed by atoms with Crippen LogP contribution in [0.4, 0.5) is 13.2 Å². The van der Waals surface area contributed by atoms with E-state index in [4.69, 9.17) is 4.74 Å². The predicted octanol–water partition coefficient (Wildman–Crippen LogP) is 5.53. The van der Waals surface area contributed by atoms with Crippen LogP contribution in [0.15, 0.2) is 36.4 Å². The summed E-state index contributed by atoms with van der Waals surface area (Å²) in [5.41, 5.74) is 2.46. The summed E-state index contributed by atoms with van der Waals surface area (Å²) < 4.78 is 47.4. The summed E-state index contributed by atoms with van der Waals surface area (Å²) in [6.45, 7) is 2.79. The van der Waals surface area contributed by atoms with Gasteiger partial charge in [-0.05, 0) is 34.9 Å². The fourth-order valence-corrected chi connectivity index (χ4v) is 3.72. The molecule has 1 fully saturated rings. The van der Waals surface area contributed by atoms with Gasteiger partial charge < -0.3 is 4.74 Å². The molecule has 4 nitrogen and oxygen atoms in total. The third kappa shape index (κ3) is 5.41. The predicted molar refractivity (Wildman–Crippen MR) is 106 cm³/mol. The van der Waals surface area contributed by atoms with E-state index in [9.17, 15) is 18.0 Å². The zero-order valence-corrected chi connectivity index (χ0v) is 16.6. The largest absolute Gasteiger partial charge is 0.494 e. The highest BCUT2D eigenvalue weighted by molar-refractivity contribution is 5.87. The number of hydrogen-bond acceptors (Lipinski definition) is 3. The first-order valence-electron chi connectivity index (χ1n) is 10.2. The number of nitrogens with zero attached hydrogens (tertiary/aromatic N) is 1. The van der Waals surface area contributed by atoms with Crippen LogP contribution in [0, 0.1) is 0 Å². The maximum Gasteiger partial charge on any atom is 0.409 e. The Morgan fingerprint density at radius 2 is 1.93 bits per heavy atom. The van der Waals surface area contributed by atoms with Gasteiger partial charge in [-0.2, -0.15) is 13.2 Å². The summed E-state index contributed by atoms with van der Waals surface area (Å²) in [7, 11) is 0. The van der Waals surface area contributed by atoms with Crippen LogP contribution < -0.4 is 10.2 Å². The molecule has 1 amide bonds. The van der Waals surface area contributed by atoms with E-state index < -0.39 is 18.1 Å². The Hall–Kier alpha value is -2.28. The highest BCUT2D eigenvalue weighted by atomic mass is 19.4. The number of unbranched alkanes of at least 4 members (excludes halogenated alkanes) is 4. The molecule has 1 saturated heterocycles. The van der Waals surface area contributed by atoms with E-state index >= 15 is 0 Å². The quantitative estimate of drug-likeness (QED) is 0.555. The van der Waals surface area contributed by atoms with Crippen molar-refractivity contribution in [2.75, 3.05) is 13.2 Å². The number of nitrogens with one attached hydrogen (secondary N) is 1. The van der Waals surface area contributed by atoms with Gasteiger partial charge >= 0.3 is 6.18 Å². The number of alkyl halides is 3. The average molecular weight is 408 g/mol. The van der Waals surface area contributed by atoms with E-state index in [2.05, 4.69) is 12.3 Å². The summed E-state index contributed by atoms with van der Waals surface area (Å²) in [6, 6.07) is 8.15. The van der Waals surface area contributed by atoms with Crippen molar-refractivity contribution >= 4 is 16.7 Å². The van der Waals surface area contributed by atoms with Gasteiger partial charge in [0, 0.05) is 13.0 Å². The van der Waals surface area contributed by atoms with Crippen molar-refractivity contribution in [3.05, 3.63) is 42.0 Å². The molecule has 0 aliphatic carbocycles. The average Bonchev–Trinajstić information content (AvgIpc) is 3.09. The number of ether oxygens (including phenoxy) is 1. The van der Waals surface area contributed by atoms with Crippen molar-refractivity contribution in [2.24, 2.45) is 0 Å². The molecule has 3 rings (SSSR count). The minimum atomic E-state index is -4.51. The zero-order valence-electron chi connectivity index (χ0n) is 16.6. The van der Waals surface area contributed by atoms with Gasteiger partial charge in [-0.25, -0.2) is 5.01 Å². The molecule has 0 bridgehead atoms. The molecule has 1 heterocycles. The van der Waals surface area contributed by atoms with Crippen molar-refractivity contribution < 1.29 is 22.7 Å². The van der Waals surface area contributed by atoms with Crippen LogP contribution in [-0.2, 0) is 4.79 Å². The van der Waals surface area contributed by atoms with Crippen molar-refractivity contribution in [2.45, 2.75) is 57.7 Å². The van der Waals surface area contributed by atoms with Crippen LogP contribution in [0.2, 0.25) is 0 Å². The van der Waals surface area contributed by atoms with E-state index in [1.807, 2.05) is 0 Å². The standard InChI is InChI=1S/C22H27F3N2O2/c1-2-3-4-5-6-14-29-17-10-11-18-16(15-17)8-7-9-19(18)21(22(23,24)25)27-13-12-20(28)26-27/h7-11,15,21H,2-6,12-14H2,1H3,(H,26,28). The molecule has 0 spiro atoms. The molecule has 1 atom stereocenters. The molecule has 158 valence electrons. The lowest BCUT2D eigenvalue weighted by Crippen LogP contribution is -2.43. The van der Waals surface area contributed by atoms with Crippen molar-refractivity contribution in [3.63, 3.8) is 0 Å². The van der Waals surface area contributed by atoms with Crippen LogP contribution in [-0.4, -0.2) is 30.2 Å². The smallest absolute Gasteiger partial charge is 0.409 e. The van der Waals surface area contributed by atoms with Gasteiger partial charge in [-0.1, -0.05) is 56.9 Å². The second-order valence-corrected chi connectivity index (χ2v) is 7.42. The van der Waals surface area contributed by atoms with Crippen LogP contribution >= 0.6 is 0 Å². The van der Waals surface area contributed by atoms with Gasteiger partial charge in [0.1, 0.15) is 5.75 Å². The molecular formula is C22H27F3N2O2. The third-order valence-electron chi connectivity index (χ3n) is 5.17. The Morgan fingerprint density at radius 1 is 1.14 bits per heavy atom. The lowest BCUT2D eigenvalue weighted by Gasteiger charge is -2.30. The van der Waals surface area contributed by atoms with Gasteiger partial charge in [-0.3, -0.25) is 10.2 Å². The van der Waals surface area contributed by atoms with Crippen molar-refractivity contribution in [1.82, 2.24) is 10.4 Å². The SMILES string of the molecule is CCCCCCCOc1ccc2c(C(N3CCC(=O)N3)C(F)(F)F)cccc2c1. The lowest BCUT2D eigenvalue weighted by molar-refractivity contribution is -0.190. The van der Waals surface area contributed by atoms with E-state index in [0.29, 0.717) is 23.1 Å². The minimum absolute atomic E-state index is 0.0264. The van der Waals surface area contributed by atoms with E-state index in [0.717, 1.165) is 17.9 Å².